The lowest BCUT2D eigenvalue weighted by Gasteiger charge is -2.10. The van der Waals surface area contributed by atoms with Gasteiger partial charge in [0, 0.05) is 35.3 Å². The summed E-state index contributed by atoms with van der Waals surface area (Å²) < 4.78 is 39.0. The Bertz CT molecular complexity index is 1180. The van der Waals surface area contributed by atoms with Gasteiger partial charge in [-0.05, 0) is 42.0 Å². The number of thiazole rings is 1. The maximum absolute atomic E-state index is 13.2. The van der Waals surface area contributed by atoms with E-state index in [-0.39, 0.29) is 10.7 Å². The van der Waals surface area contributed by atoms with E-state index in [1.165, 1.54) is 29.7 Å². The number of fused-ring (bicyclic) bond motifs is 1. The Morgan fingerprint density at radius 2 is 1.88 bits per heavy atom. The SMILES string of the molecule is CS(=O)(=O)c1ccc2c(c1)cc(-c1nccs1)n2Cc1ccc(F)cc1. The first-order valence-electron chi connectivity index (χ1n) is 7.89. The molecular formula is C19H15FN2O2S2. The van der Waals surface area contributed by atoms with Crippen LogP contribution in [0, 0.1) is 5.82 Å². The molecule has 4 aromatic rings. The fraction of sp³-hybridized carbons (Fsp3) is 0.105. The minimum absolute atomic E-state index is 0.274. The third-order valence-corrected chi connectivity index (χ3v) is 6.11. The molecule has 2 aromatic carbocycles. The van der Waals surface area contributed by atoms with Gasteiger partial charge in [-0.1, -0.05) is 12.1 Å². The van der Waals surface area contributed by atoms with Crippen molar-refractivity contribution in [2.24, 2.45) is 0 Å². The summed E-state index contributed by atoms with van der Waals surface area (Å²) in [6.45, 7) is 0.539. The van der Waals surface area contributed by atoms with Crippen molar-refractivity contribution >= 4 is 32.1 Å². The van der Waals surface area contributed by atoms with E-state index in [0.717, 1.165) is 27.2 Å². The van der Waals surface area contributed by atoms with Crippen molar-refractivity contribution in [3.05, 3.63) is 71.5 Å². The molecule has 7 heteroatoms. The van der Waals surface area contributed by atoms with Crippen molar-refractivity contribution in [3.63, 3.8) is 0 Å². The molecule has 0 unspecified atom stereocenters. The molecule has 0 atom stereocenters. The molecule has 0 N–H and O–H groups in total. The van der Waals surface area contributed by atoms with Crippen LogP contribution < -0.4 is 0 Å². The number of rotatable bonds is 4. The van der Waals surface area contributed by atoms with Crippen LogP contribution in [0.1, 0.15) is 5.56 Å². The van der Waals surface area contributed by atoms with Gasteiger partial charge in [0.15, 0.2) is 9.84 Å². The zero-order valence-electron chi connectivity index (χ0n) is 13.9. The largest absolute Gasteiger partial charge is 0.334 e. The van der Waals surface area contributed by atoms with Gasteiger partial charge >= 0.3 is 0 Å². The maximum atomic E-state index is 13.2. The number of sulfone groups is 1. The van der Waals surface area contributed by atoms with Gasteiger partial charge in [-0.25, -0.2) is 17.8 Å². The molecule has 2 aromatic heterocycles. The minimum atomic E-state index is -3.28. The van der Waals surface area contributed by atoms with Crippen LogP contribution in [0.25, 0.3) is 21.6 Å². The Labute approximate surface area is 154 Å². The zero-order chi connectivity index (χ0) is 18.3. The van der Waals surface area contributed by atoms with Crippen molar-refractivity contribution in [2.75, 3.05) is 6.26 Å². The summed E-state index contributed by atoms with van der Waals surface area (Å²) in [7, 11) is -3.28. The van der Waals surface area contributed by atoms with Crippen molar-refractivity contribution in [3.8, 4) is 10.7 Å². The van der Waals surface area contributed by atoms with Crippen LogP contribution in [0.4, 0.5) is 4.39 Å². The normalized spacial score (nSPS) is 11.9. The second kappa shape index (κ2) is 6.34. The van der Waals surface area contributed by atoms with Gasteiger partial charge in [0.2, 0.25) is 0 Å². The lowest BCUT2D eigenvalue weighted by atomic mass is 10.2. The molecule has 0 radical (unpaired) electrons. The van der Waals surface area contributed by atoms with E-state index in [4.69, 9.17) is 0 Å². The standard InChI is InChI=1S/C19H15FN2O2S2/c1-26(23,24)16-6-7-17-14(10-16)11-18(19-21-8-9-25-19)22(17)12-13-2-4-15(20)5-3-13/h2-11H,12H2,1H3. The van der Waals surface area contributed by atoms with E-state index in [0.29, 0.717) is 6.54 Å². The Morgan fingerprint density at radius 3 is 2.54 bits per heavy atom. The molecule has 4 rings (SSSR count). The molecule has 4 nitrogen and oxygen atoms in total. The van der Waals surface area contributed by atoms with Crippen LogP contribution in [-0.4, -0.2) is 24.2 Å². The van der Waals surface area contributed by atoms with Gasteiger partial charge in [0.1, 0.15) is 10.8 Å². The monoisotopic (exact) mass is 386 g/mol. The summed E-state index contributed by atoms with van der Waals surface area (Å²) in [6.07, 6.45) is 2.94. The smallest absolute Gasteiger partial charge is 0.175 e. The molecule has 0 saturated carbocycles. The highest BCUT2D eigenvalue weighted by Gasteiger charge is 2.16. The summed E-state index contributed by atoms with van der Waals surface area (Å²) in [5.74, 6) is -0.274. The van der Waals surface area contributed by atoms with E-state index in [1.807, 2.05) is 17.5 Å². The number of nitrogens with zero attached hydrogens (tertiary/aromatic N) is 2. The first kappa shape index (κ1) is 16.9. The molecule has 0 bridgehead atoms. The number of hydrogen-bond donors (Lipinski definition) is 0. The van der Waals surface area contributed by atoms with E-state index in [1.54, 1.807) is 30.5 Å². The first-order valence-corrected chi connectivity index (χ1v) is 10.7. The van der Waals surface area contributed by atoms with Crippen LogP contribution >= 0.6 is 11.3 Å². The van der Waals surface area contributed by atoms with Crippen LogP contribution in [0.2, 0.25) is 0 Å². The number of halogens is 1. The average Bonchev–Trinajstić information content (AvgIpc) is 3.24. The van der Waals surface area contributed by atoms with Gasteiger partial charge in [-0.15, -0.1) is 11.3 Å². The Hall–Kier alpha value is -2.51. The highest BCUT2D eigenvalue weighted by Crippen LogP contribution is 2.31. The predicted octanol–water partition coefficient (Wildman–Crippen LogP) is 4.36. The maximum Gasteiger partial charge on any atom is 0.175 e. The molecule has 0 saturated heterocycles. The summed E-state index contributed by atoms with van der Waals surface area (Å²) in [6, 6.07) is 13.4. The highest BCUT2D eigenvalue weighted by atomic mass is 32.2. The number of hydrogen-bond acceptors (Lipinski definition) is 4. The van der Waals surface area contributed by atoms with Crippen molar-refractivity contribution in [1.29, 1.82) is 0 Å². The zero-order valence-corrected chi connectivity index (χ0v) is 15.5. The van der Waals surface area contributed by atoms with Crippen LogP contribution in [0.3, 0.4) is 0 Å². The number of aromatic nitrogens is 2. The van der Waals surface area contributed by atoms with Gasteiger partial charge < -0.3 is 4.57 Å². The lowest BCUT2D eigenvalue weighted by Crippen LogP contribution is -2.02. The molecule has 0 aliphatic heterocycles. The van der Waals surface area contributed by atoms with Gasteiger partial charge in [-0.2, -0.15) is 0 Å². The fourth-order valence-electron chi connectivity index (χ4n) is 2.95. The van der Waals surface area contributed by atoms with Crippen molar-refractivity contribution in [2.45, 2.75) is 11.4 Å². The Balaban J connectivity index is 1.90. The minimum Gasteiger partial charge on any atom is -0.334 e. The third kappa shape index (κ3) is 3.15. The van der Waals surface area contributed by atoms with Crippen LogP contribution in [0.15, 0.2) is 65.0 Å². The second-order valence-corrected chi connectivity index (χ2v) is 8.98. The Morgan fingerprint density at radius 1 is 1.12 bits per heavy atom. The Kier molecular flexibility index (Phi) is 4.13. The molecule has 0 aliphatic carbocycles. The molecule has 0 amide bonds. The average molecular weight is 386 g/mol. The lowest BCUT2D eigenvalue weighted by molar-refractivity contribution is 0.602. The van der Waals surface area contributed by atoms with E-state index in [2.05, 4.69) is 9.55 Å². The predicted molar refractivity (Wildman–Crippen MR) is 102 cm³/mol. The van der Waals surface area contributed by atoms with Crippen LogP contribution in [-0.2, 0) is 16.4 Å². The molecule has 132 valence electrons. The molecule has 0 fully saturated rings. The second-order valence-electron chi connectivity index (χ2n) is 6.07. The first-order chi connectivity index (χ1) is 12.4. The molecule has 26 heavy (non-hydrogen) atoms. The van der Waals surface area contributed by atoms with E-state index in [9.17, 15) is 12.8 Å². The van der Waals surface area contributed by atoms with Crippen molar-refractivity contribution in [1.82, 2.24) is 9.55 Å². The van der Waals surface area contributed by atoms with Crippen LogP contribution in [0.5, 0.6) is 0 Å². The summed E-state index contributed by atoms with van der Waals surface area (Å²) in [5.41, 5.74) is 2.77. The number of benzene rings is 2. The van der Waals surface area contributed by atoms with E-state index < -0.39 is 9.84 Å². The summed E-state index contributed by atoms with van der Waals surface area (Å²) >= 11 is 1.52. The summed E-state index contributed by atoms with van der Waals surface area (Å²) in [4.78, 5) is 4.68. The van der Waals surface area contributed by atoms with E-state index >= 15 is 0 Å². The van der Waals surface area contributed by atoms with Gasteiger partial charge in [-0.3, -0.25) is 0 Å². The fourth-order valence-corrected chi connectivity index (χ4v) is 4.27. The quantitative estimate of drug-likeness (QED) is 0.524. The molecule has 0 spiro atoms. The molecule has 0 aliphatic rings. The van der Waals surface area contributed by atoms with Gasteiger partial charge in [0.05, 0.1) is 10.6 Å². The van der Waals surface area contributed by atoms with Crippen molar-refractivity contribution < 1.29 is 12.8 Å². The molecule has 2 heterocycles. The summed E-state index contributed by atoms with van der Waals surface area (Å²) in [5, 5.41) is 3.58. The molecular weight excluding hydrogens is 371 g/mol. The highest BCUT2D eigenvalue weighted by molar-refractivity contribution is 7.90. The topological polar surface area (TPSA) is 52.0 Å². The van der Waals surface area contributed by atoms with Gasteiger partial charge in [0.25, 0.3) is 0 Å². The third-order valence-electron chi connectivity index (χ3n) is 4.21.